The summed E-state index contributed by atoms with van der Waals surface area (Å²) in [5.74, 6) is 0.342. The summed E-state index contributed by atoms with van der Waals surface area (Å²) in [7, 11) is 0. The average molecular weight is 401 g/mol. The van der Waals surface area contributed by atoms with E-state index in [1.54, 1.807) is 36.0 Å². The maximum Gasteiger partial charge on any atom is 0.253 e. The smallest absolute Gasteiger partial charge is 0.253 e. The number of carbonyl (C=O) groups is 1. The SMILES string of the molecule is O=C(NC1CCSc2ccc(F)cc21)c1cc(Br)ccc1Cl. The summed E-state index contributed by atoms with van der Waals surface area (Å²) in [4.78, 5) is 13.5. The van der Waals surface area contributed by atoms with E-state index in [4.69, 9.17) is 11.6 Å². The van der Waals surface area contributed by atoms with Crippen LogP contribution in [0.2, 0.25) is 5.02 Å². The monoisotopic (exact) mass is 399 g/mol. The van der Waals surface area contributed by atoms with E-state index in [-0.39, 0.29) is 17.8 Å². The Morgan fingerprint density at radius 3 is 2.95 bits per heavy atom. The Morgan fingerprint density at radius 1 is 1.32 bits per heavy atom. The quantitative estimate of drug-likeness (QED) is 0.750. The van der Waals surface area contributed by atoms with Gasteiger partial charge in [-0.25, -0.2) is 4.39 Å². The maximum absolute atomic E-state index is 13.5. The molecule has 0 saturated heterocycles. The molecule has 0 saturated carbocycles. The Bertz CT molecular complexity index is 740. The van der Waals surface area contributed by atoms with Gasteiger partial charge in [0, 0.05) is 15.1 Å². The van der Waals surface area contributed by atoms with Crippen LogP contribution in [0.1, 0.15) is 28.4 Å². The Morgan fingerprint density at radius 2 is 2.14 bits per heavy atom. The second-order valence-electron chi connectivity index (χ2n) is 4.97. The Kier molecular flexibility index (Phi) is 4.76. The van der Waals surface area contributed by atoms with Crippen LogP contribution in [-0.4, -0.2) is 11.7 Å². The average Bonchev–Trinajstić information content (AvgIpc) is 2.50. The van der Waals surface area contributed by atoms with Gasteiger partial charge in [-0.05, 0) is 48.4 Å². The summed E-state index contributed by atoms with van der Waals surface area (Å²) in [6, 6.07) is 9.64. The lowest BCUT2D eigenvalue weighted by molar-refractivity contribution is 0.0935. The highest BCUT2D eigenvalue weighted by molar-refractivity contribution is 9.10. The number of fused-ring (bicyclic) bond motifs is 1. The molecule has 1 unspecified atom stereocenters. The molecule has 0 aromatic heterocycles. The number of rotatable bonds is 2. The summed E-state index contributed by atoms with van der Waals surface area (Å²) in [5.41, 5.74) is 1.24. The lowest BCUT2D eigenvalue weighted by Gasteiger charge is -2.26. The topological polar surface area (TPSA) is 29.1 Å². The first-order valence-corrected chi connectivity index (χ1v) is 8.88. The van der Waals surface area contributed by atoms with Crippen molar-refractivity contribution in [2.24, 2.45) is 0 Å². The Labute approximate surface area is 145 Å². The van der Waals surface area contributed by atoms with Gasteiger partial charge in [0.05, 0.1) is 16.6 Å². The van der Waals surface area contributed by atoms with Crippen molar-refractivity contribution in [2.45, 2.75) is 17.4 Å². The minimum Gasteiger partial charge on any atom is -0.345 e. The van der Waals surface area contributed by atoms with Crippen molar-refractivity contribution < 1.29 is 9.18 Å². The number of halogens is 3. The van der Waals surface area contributed by atoms with Crippen LogP contribution in [0.3, 0.4) is 0 Å². The van der Waals surface area contributed by atoms with Crippen molar-refractivity contribution in [3.8, 4) is 0 Å². The predicted molar refractivity (Wildman–Crippen MR) is 91.1 cm³/mol. The van der Waals surface area contributed by atoms with Crippen LogP contribution in [0, 0.1) is 5.82 Å². The van der Waals surface area contributed by atoms with Crippen LogP contribution < -0.4 is 5.32 Å². The van der Waals surface area contributed by atoms with E-state index in [9.17, 15) is 9.18 Å². The van der Waals surface area contributed by atoms with Crippen molar-refractivity contribution >= 4 is 45.2 Å². The third kappa shape index (κ3) is 3.31. The van der Waals surface area contributed by atoms with Gasteiger partial charge >= 0.3 is 0 Å². The molecule has 0 bridgehead atoms. The fourth-order valence-electron chi connectivity index (χ4n) is 2.42. The summed E-state index contributed by atoms with van der Waals surface area (Å²) in [6.45, 7) is 0. The highest BCUT2D eigenvalue weighted by Gasteiger charge is 2.24. The van der Waals surface area contributed by atoms with Gasteiger partial charge in [-0.1, -0.05) is 27.5 Å². The fourth-order valence-corrected chi connectivity index (χ4v) is 4.09. The van der Waals surface area contributed by atoms with Gasteiger partial charge < -0.3 is 5.32 Å². The van der Waals surface area contributed by atoms with Gasteiger partial charge in [0.15, 0.2) is 0 Å². The lowest BCUT2D eigenvalue weighted by Crippen LogP contribution is -2.31. The first-order chi connectivity index (χ1) is 10.5. The predicted octanol–water partition coefficient (Wildman–Crippen LogP) is 5.21. The molecular formula is C16H12BrClFNOS. The van der Waals surface area contributed by atoms with E-state index < -0.39 is 0 Å². The molecule has 0 spiro atoms. The molecule has 114 valence electrons. The highest BCUT2D eigenvalue weighted by Crippen LogP contribution is 2.36. The van der Waals surface area contributed by atoms with Gasteiger partial charge in [-0.2, -0.15) is 0 Å². The van der Waals surface area contributed by atoms with E-state index >= 15 is 0 Å². The van der Waals surface area contributed by atoms with E-state index in [2.05, 4.69) is 21.2 Å². The summed E-state index contributed by atoms with van der Waals surface area (Å²) >= 11 is 11.1. The van der Waals surface area contributed by atoms with Crippen molar-refractivity contribution in [2.75, 3.05) is 5.75 Å². The molecule has 2 aromatic rings. The molecular weight excluding hydrogens is 389 g/mol. The van der Waals surface area contributed by atoms with Crippen LogP contribution >= 0.6 is 39.3 Å². The first kappa shape index (κ1) is 15.8. The summed E-state index contributed by atoms with van der Waals surface area (Å²) in [5, 5.41) is 3.36. The minimum atomic E-state index is -0.291. The Balaban J connectivity index is 1.87. The number of nitrogens with one attached hydrogen (secondary N) is 1. The minimum absolute atomic E-state index is 0.200. The van der Waals surface area contributed by atoms with Crippen molar-refractivity contribution in [3.05, 3.63) is 62.8 Å². The van der Waals surface area contributed by atoms with Gasteiger partial charge in [0.1, 0.15) is 5.82 Å². The largest absolute Gasteiger partial charge is 0.345 e. The zero-order valence-corrected chi connectivity index (χ0v) is 14.6. The number of hydrogen-bond acceptors (Lipinski definition) is 2. The zero-order chi connectivity index (χ0) is 15.7. The molecule has 1 amide bonds. The van der Waals surface area contributed by atoms with Crippen LogP contribution in [0.25, 0.3) is 0 Å². The summed E-state index contributed by atoms with van der Waals surface area (Å²) in [6.07, 6.45) is 0.762. The molecule has 1 atom stereocenters. The van der Waals surface area contributed by atoms with Crippen LogP contribution in [0.5, 0.6) is 0 Å². The molecule has 0 fully saturated rings. The molecule has 1 heterocycles. The van der Waals surface area contributed by atoms with E-state index in [0.29, 0.717) is 10.6 Å². The van der Waals surface area contributed by atoms with Crippen LogP contribution in [0.4, 0.5) is 4.39 Å². The van der Waals surface area contributed by atoms with Gasteiger partial charge in [0.25, 0.3) is 5.91 Å². The van der Waals surface area contributed by atoms with Gasteiger partial charge in [0.2, 0.25) is 0 Å². The molecule has 1 N–H and O–H groups in total. The van der Waals surface area contributed by atoms with Crippen molar-refractivity contribution in [1.29, 1.82) is 0 Å². The molecule has 22 heavy (non-hydrogen) atoms. The van der Waals surface area contributed by atoms with E-state index in [1.807, 2.05) is 0 Å². The van der Waals surface area contributed by atoms with Crippen molar-refractivity contribution in [1.82, 2.24) is 5.32 Å². The van der Waals surface area contributed by atoms with Gasteiger partial charge in [-0.15, -0.1) is 11.8 Å². The highest BCUT2D eigenvalue weighted by atomic mass is 79.9. The van der Waals surface area contributed by atoms with E-state index in [0.717, 1.165) is 27.1 Å². The second-order valence-corrected chi connectivity index (χ2v) is 7.43. The van der Waals surface area contributed by atoms with Gasteiger partial charge in [-0.3, -0.25) is 4.79 Å². The number of amides is 1. The first-order valence-electron chi connectivity index (χ1n) is 6.73. The lowest BCUT2D eigenvalue weighted by atomic mass is 10.0. The fraction of sp³-hybridized carbons (Fsp3) is 0.188. The van der Waals surface area contributed by atoms with Crippen LogP contribution in [0.15, 0.2) is 45.8 Å². The molecule has 6 heteroatoms. The second kappa shape index (κ2) is 6.60. The van der Waals surface area contributed by atoms with E-state index in [1.165, 1.54) is 12.1 Å². The zero-order valence-electron chi connectivity index (χ0n) is 11.4. The molecule has 0 aliphatic carbocycles. The third-order valence-electron chi connectivity index (χ3n) is 3.49. The van der Waals surface area contributed by atoms with Crippen molar-refractivity contribution in [3.63, 3.8) is 0 Å². The number of thioether (sulfide) groups is 1. The number of benzene rings is 2. The molecule has 3 rings (SSSR count). The molecule has 2 aromatic carbocycles. The van der Waals surface area contributed by atoms with Crippen LogP contribution in [-0.2, 0) is 0 Å². The Hall–Kier alpha value is -1.04. The number of carbonyl (C=O) groups excluding carboxylic acids is 1. The normalized spacial score (nSPS) is 17.0. The summed E-state index contributed by atoms with van der Waals surface area (Å²) < 4.78 is 14.3. The molecule has 2 nitrogen and oxygen atoms in total. The third-order valence-corrected chi connectivity index (χ3v) is 5.44. The number of hydrogen-bond donors (Lipinski definition) is 1. The molecule has 1 aliphatic heterocycles. The molecule has 0 radical (unpaired) electrons. The standard InChI is InChI=1S/C16H12BrClFNOS/c17-9-1-3-13(18)11(7-9)16(21)20-14-5-6-22-15-4-2-10(19)8-12(14)15/h1-4,7-8,14H,5-6H2,(H,20,21). The molecule has 1 aliphatic rings. The maximum atomic E-state index is 13.5.